The Balaban J connectivity index is 1.84. The van der Waals surface area contributed by atoms with Gasteiger partial charge in [-0.2, -0.15) is 0 Å². The molecular formula is C17H19ClN2O4. The molecule has 24 heavy (non-hydrogen) atoms. The number of aromatic nitrogens is 2. The number of nitrogens with zero attached hydrogens (tertiary/aromatic N) is 2. The van der Waals surface area contributed by atoms with E-state index in [1.165, 1.54) is 4.57 Å². The van der Waals surface area contributed by atoms with Crippen LogP contribution in [0.5, 0.6) is 5.88 Å². The highest BCUT2D eigenvalue weighted by Crippen LogP contribution is 2.15. The van der Waals surface area contributed by atoms with Gasteiger partial charge in [0.25, 0.3) is 5.56 Å². The Kier molecular flexibility index (Phi) is 5.06. The fourth-order valence-electron chi connectivity index (χ4n) is 2.91. The van der Waals surface area contributed by atoms with Crippen LogP contribution in [0.25, 0.3) is 0 Å². The first-order valence-electron chi connectivity index (χ1n) is 7.94. The first kappa shape index (κ1) is 16.8. The predicted octanol–water partition coefficient (Wildman–Crippen LogP) is 1.79. The van der Waals surface area contributed by atoms with Crippen molar-refractivity contribution in [3.8, 4) is 5.88 Å². The summed E-state index contributed by atoms with van der Waals surface area (Å²) in [5.74, 6) is -0.320. The molecule has 1 N–H and O–H groups in total. The van der Waals surface area contributed by atoms with Gasteiger partial charge in [-0.05, 0) is 37.0 Å². The zero-order valence-electron chi connectivity index (χ0n) is 13.2. The van der Waals surface area contributed by atoms with Crippen LogP contribution in [0.4, 0.5) is 0 Å². The maximum absolute atomic E-state index is 12.6. The molecule has 0 saturated carbocycles. The number of rotatable bonds is 5. The van der Waals surface area contributed by atoms with Gasteiger partial charge in [0.05, 0.1) is 18.7 Å². The van der Waals surface area contributed by atoms with E-state index in [1.807, 2.05) is 12.1 Å². The van der Waals surface area contributed by atoms with Gasteiger partial charge in [-0.3, -0.25) is 13.9 Å². The van der Waals surface area contributed by atoms with Crippen molar-refractivity contribution in [3.63, 3.8) is 0 Å². The second kappa shape index (κ2) is 7.23. The third-order valence-corrected chi connectivity index (χ3v) is 4.42. The molecular weight excluding hydrogens is 332 g/mol. The number of benzene rings is 1. The summed E-state index contributed by atoms with van der Waals surface area (Å²) in [5, 5.41) is 10.6. The van der Waals surface area contributed by atoms with Gasteiger partial charge in [0, 0.05) is 18.2 Å². The molecule has 0 unspecified atom stereocenters. The minimum absolute atomic E-state index is 0.104. The Hall–Kier alpha value is -2.05. The van der Waals surface area contributed by atoms with Gasteiger partial charge in [0.1, 0.15) is 0 Å². The van der Waals surface area contributed by atoms with Crippen LogP contribution in [0.15, 0.2) is 39.9 Å². The summed E-state index contributed by atoms with van der Waals surface area (Å²) in [6, 6.07) is 8.37. The largest absolute Gasteiger partial charge is 0.494 e. The standard InChI is InChI=1S/C17H19ClN2O4/c18-13-4-1-3-12(9-13)6-7-19-15(21)10-16(22)20(17(19)23)11-14-5-2-8-24-14/h1,3-4,9-10,14,22H,2,5-8,11H2/t14-/m1/s1. The normalized spacial score (nSPS) is 17.3. The van der Waals surface area contributed by atoms with Crippen LogP contribution in [0.2, 0.25) is 5.02 Å². The van der Waals surface area contributed by atoms with E-state index in [-0.39, 0.29) is 25.1 Å². The fraction of sp³-hybridized carbons (Fsp3) is 0.412. The molecule has 6 nitrogen and oxygen atoms in total. The summed E-state index contributed by atoms with van der Waals surface area (Å²) >= 11 is 5.95. The van der Waals surface area contributed by atoms with Gasteiger partial charge < -0.3 is 9.84 Å². The Morgan fingerprint density at radius 3 is 2.79 bits per heavy atom. The Morgan fingerprint density at radius 1 is 1.25 bits per heavy atom. The average Bonchev–Trinajstić information content (AvgIpc) is 3.04. The molecule has 128 valence electrons. The molecule has 1 saturated heterocycles. The lowest BCUT2D eigenvalue weighted by Crippen LogP contribution is -2.41. The topological polar surface area (TPSA) is 73.5 Å². The first-order chi connectivity index (χ1) is 11.5. The molecule has 1 aromatic carbocycles. The molecule has 3 rings (SSSR count). The van der Waals surface area contributed by atoms with Crippen LogP contribution in [0.3, 0.4) is 0 Å². The third kappa shape index (κ3) is 3.71. The predicted molar refractivity (Wildman–Crippen MR) is 90.8 cm³/mol. The summed E-state index contributed by atoms with van der Waals surface area (Å²) in [7, 11) is 0. The van der Waals surface area contributed by atoms with E-state index in [0.29, 0.717) is 18.1 Å². The van der Waals surface area contributed by atoms with Crippen LogP contribution in [-0.4, -0.2) is 27.0 Å². The van der Waals surface area contributed by atoms with Crippen LogP contribution in [-0.2, 0) is 24.2 Å². The Morgan fingerprint density at radius 2 is 2.08 bits per heavy atom. The van der Waals surface area contributed by atoms with E-state index in [9.17, 15) is 14.7 Å². The summed E-state index contributed by atoms with van der Waals surface area (Å²) in [6.45, 7) is 1.14. The van der Waals surface area contributed by atoms with Crippen molar-refractivity contribution in [1.82, 2.24) is 9.13 Å². The van der Waals surface area contributed by atoms with Crippen molar-refractivity contribution >= 4 is 11.6 Å². The summed E-state index contributed by atoms with van der Waals surface area (Å²) in [4.78, 5) is 24.6. The summed E-state index contributed by atoms with van der Waals surface area (Å²) in [6.07, 6.45) is 2.18. The molecule has 1 aliphatic rings. The van der Waals surface area contributed by atoms with Gasteiger partial charge in [-0.1, -0.05) is 23.7 Å². The molecule has 1 atom stereocenters. The number of hydrogen-bond acceptors (Lipinski definition) is 4. The molecule has 0 bridgehead atoms. The molecule has 7 heteroatoms. The van der Waals surface area contributed by atoms with Crippen molar-refractivity contribution in [2.24, 2.45) is 0 Å². The van der Waals surface area contributed by atoms with E-state index in [2.05, 4.69) is 0 Å². The lowest BCUT2D eigenvalue weighted by atomic mass is 10.1. The Bertz CT molecular complexity index is 837. The highest BCUT2D eigenvalue weighted by atomic mass is 35.5. The quantitative estimate of drug-likeness (QED) is 0.892. The maximum Gasteiger partial charge on any atom is 0.333 e. The van der Waals surface area contributed by atoms with Crippen LogP contribution < -0.4 is 11.2 Å². The number of aromatic hydroxyl groups is 1. The lowest BCUT2D eigenvalue weighted by Gasteiger charge is -2.15. The minimum atomic E-state index is -0.516. The zero-order chi connectivity index (χ0) is 17.1. The second-order valence-corrected chi connectivity index (χ2v) is 6.34. The van der Waals surface area contributed by atoms with Gasteiger partial charge in [-0.25, -0.2) is 4.79 Å². The van der Waals surface area contributed by atoms with E-state index in [0.717, 1.165) is 29.0 Å². The van der Waals surface area contributed by atoms with Crippen molar-refractivity contribution < 1.29 is 9.84 Å². The molecule has 0 spiro atoms. The number of hydrogen-bond donors (Lipinski definition) is 1. The fourth-order valence-corrected chi connectivity index (χ4v) is 3.12. The highest BCUT2D eigenvalue weighted by Gasteiger charge is 2.19. The SMILES string of the molecule is O=c1cc(O)n(C[C@H]2CCCO2)c(=O)n1CCc1cccc(Cl)c1. The number of ether oxygens (including phenoxy) is 1. The molecule has 1 aromatic heterocycles. The van der Waals surface area contributed by atoms with E-state index in [4.69, 9.17) is 16.3 Å². The van der Waals surface area contributed by atoms with Crippen LogP contribution >= 0.6 is 11.6 Å². The zero-order valence-corrected chi connectivity index (χ0v) is 13.9. The van der Waals surface area contributed by atoms with Gasteiger partial charge in [-0.15, -0.1) is 0 Å². The Labute approximate surface area is 143 Å². The van der Waals surface area contributed by atoms with Gasteiger partial charge in [0.2, 0.25) is 5.88 Å². The van der Waals surface area contributed by atoms with Crippen LogP contribution in [0.1, 0.15) is 18.4 Å². The number of halogens is 1. The van der Waals surface area contributed by atoms with Crippen LogP contribution in [0, 0.1) is 0 Å². The molecule has 1 aliphatic heterocycles. The second-order valence-electron chi connectivity index (χ2n) is 5.90. The minimum Gasteiger partial charge on any atom is -0.494 e. The van der Waals surface area contributed by atoms with Crippen molar-refractivity contribution in [2.45, 2.75) is 38.5 Å². The third-order valence-electron chi connectivity index (χ3n) is 4.18. The van der Waals surface area contributed by atoms with Crippen molar-refractivity contribution in [2.75, 3.05) is 6.61 Å². The molecule has 2 heterocycles. The molecule has 0 aliphatic carbocycles. The molecule has 0 radical (unpaired) electrons. The summed E-state index contributed by atoms with van der Waals surface area (Å²) in [5.41, 5.74) is -0.0896. The first-order valence-corrected chi connectivity index (χ1v) is 8.32. The highest BCUT2D eigenvalue weighted by molar-refractivity contribution is 6.30. The average molecular weight is 351 g/mol. The van der Waals surface area contributed by atoms with E-state index >= 15 is 0 Å². The maximum atomic E-state index is 12.6. The number of aryl methyl sites for hydroxylation is 1. The van der Waals surface area contributed by atoms with Crippen molar-refractivity contribution in [3.05, 3.63) is 61.8 Å². The van der Waals surface area contributed by atoms with Crippen molar-refractivity contribution in [1.29, 1.82) is 0 Å². The molecule has 1 fully saturated rings. The summed E-state index contributed by atoms with van der Waals surface area (Å²) < 4.78 is 7.84. The molecule has 0 amide bonds. The van der Waals surface area contributed by atoms with E-state index in [1.54, 1.807) is 12.1 Å². The molecule has 2 aromatic rings. The lowest BCUT2D eigenvalue weighted by molar-refractivity contribution is 0.0929. The van der Waals surface area contributed by atoms with E-state index < -0.39 is 11.2 Å². The van der Waals surface area contributed by atoms with Gasteiger partial charge >= 0.3 is 5.69 Å². The van der Waals surface area contributed by atoms with Gasteiger partial charge in [0.15, 0.2) is 0 Å². The smallest absolute Gasteiger partial charge is 0.333 e. The monoisotopic (exact) mass is 350 g/mol.